The first-order chi connectivity index (χ1) is 22.8. The summed E-state index contributed by atoms with van der Waals surface area (Å²) in [4.78, 5) is 52.8. The molecule has 8 aliphatic rings. The van der Waals surface area contributed by atoms with Gasteiger partial charge in [0.1, 0.15) is 30.5 Å². The molecular formula is C37H52O12. The summed E-state index contributed by atoms with van der Waals surface area (Å²) in [5.41, 5.74) is -4.84. The fourth-order valence-electron chi connectivity index (χ4n) is 13.3. The summed E-state index contributed by atoms with van der Waals surface area (Å²) in [5, 5.41) is 24.4. The van der Waals surface area contributed by atoms with Crippen LogP contribution in [0.15, 0.2) is 0 Å². The number of hydrogen-bond donors (Lipinski definition) is 2. The van der Waals surface area contributed by atoms with Crippen molar-refractivity contribution in [3.63, 3.8) is 0 Å². The second kappa shape index (κ2) is 10.2. The van der Waals surface area contributed by atoms with Crippen LogP contribution in [-0.2, 0) is 47.6 Å². The Morgan fingerprint density at radius 1 is 0.939 bits per heavy atom. The van der Waals surface area contributed by atoms with E-state index in [-0.39, 0.29) is 54.2 Å². The topological polar surface area (TPSA) is 171 Å². The van der Waals surface area contributed by atoms with Gasteiger partial charge in [-0.1, -0.05) is 34.6 Å². The summed E-state index contributed by atoms with van der Waals surface area (Å²) in [6.07, 6.45) is -1.97. The van der Waals surface area contributed by atoms with Gasteiger partial charge in [0.15, 0.2) is 5.60 Å². The Morgan fingerprint density at radius 2 is 1.61 bits per heavy atom. The third-order valence-corrected chi connectivity index (χ3v) is 15.4. The maximum Gasteiger partial charge on any atom is 0.341 e. The third kappa shape index (κ3) is 4.00. The normalized spacial score (nSPS) is 57.2. The van der Waals surface area contributed by atoms with E-state index in [1.54, 1.807) is 6.92 Å². The first kappa shape index (κ1) is 33.8. The average molecular weight is 689 g/mol. The van der Waals surface area contributed by atoms with Crippen molar-refractivity contribution >= 4 is 23.9 Å². The monoisotopic (exact) mass is 688 g/mol. The highest BCUT2D eigenvalue weighted by Crippen LogP contribution is 2.81. The van der Waals surface area contributed by atoms with Crippen LogP contribution >= 0.6 is 0 Å². The van der Waals surface area contributed by atoms with Gasteiger partial charge in [0.2, 0.25) is 5.79 Å². The third-order valence-electron chi connectivity index (χ3n) is 15.4. The summed E-state index contributed by atoms with van der Waals surface area (Å²) in [6, 6.07) is 0. The molecule has 2 unspecified atom stereocenters. The molecule has 0 bridgehead atoms. The fourth-order valence-corrected chi connectivity index (χ4v) is 13.3. The molecule has 0 radical (unpaired) electrons. The van der Waals surface area contributed by atoms with Crippen LogP contribution in [-0.4, -0.2) is 88.2 Å². The Labute approximate surface area is 287 Å². The molecule has 0 aromatic carbocycles. The Hall–Kier alpha value is -2.28. The highest BCUT2D eigenvalue weighted by Gasteiger charge is 2.93. The zero-order valence-corrected chi connectivity index (χ0v) is 30.0. The van der Waals surface area contributed by atoms with Crippen LogP contribution in [0, 0.1) is 63.6 Å². The van der Waals surface area contributed by atoms with Gasteiger partial charge in [0.05, 0.1) is 17.6 Å². The molecule has 5 saturated carbocycles. The van der Waals surface area contributed by atoms with Crippen LogP contribution in [0.25, 0.3) is 0 Å². The van der Waals surface area contributed by atoms with E-state index in [1.807, 2.05) is 20.8 Å². The van der Waals surface area contributed by atoms with Crippen molar-refractivity contribution in [1.29, 1.82) is 0 Å². The number of carbonyl (C=O) groups is 4. The lowest BCUT2D eigenvalue weighted by Gasteiger charge is -2.64. The van der Waals surface area contributed by atoms with E-state index in [0.717, 1.165) is 6.42 Å². The Kier molecular flexibility index (Phi) is 7.04. The van der Waals surface area contributed by atoms with Crippen LogP contribution in [0.3, 0.4) is 0 Å². The highest BCUT2D eigenvalue weighted by molar-refractivity contribution is 5.84. The largest absolute Gasteiger partial charge is 0.462 e. The summed E-state index contributed by atoms with van der Waals surface area (Å²) in [6.45, 7) is 16.1. The van der Waals surface area contributed by atoms with E-state index in [0.29, 0.717) is 12.8 Å². The van der Waals surface area contributed by atoms with Gasteiger partial charge in [-0.25, -0.2) is 4.79 Å². The maximum atomic E-state index is 13.4. The van der Waals surface area contributed by atoms with E-state index < -0.39 is 93.8 Å². The molecule has 2 N–H and O–H groups in total. The van der Waals surface area contributed by atoms with Gasteiger partial charge in [-0.2, -0.15) is 0 Å². The van der Waals surface area contributed by atoms with Crippen molar-refractivity contribution in [3.05, 3.63) is 0 Å². The fraction of sp³-hybridized carbons (Fsp3) is 0.892. The van der Waals surface area contributed by atoms with Crippen LogP contribution in [0.1, 0.15) is 88.0 Å². The minimum absolute atomic E-state index is 0.0371. The van der Waals surface area contributed by atoms with Gasteiger partial charge >= 0.3 is 23.9 Å². The number of esters is 4. The molecule has 3 heterocycles. The van der Waals surface area contributed by atoms with Gasteiger partial charge in [0.25, 0.3) is 0 Å². The van der Waals surface area contributed by atoms with Gasteiger partial charge in [0, 0.05) is 42.9 Å². The number of aliphatic hydroxyl groups excluding tert-OH is 1. The number of fused-ring (bicyclic) bond motifs is 9. The second-order valence-electron chi connectivity index (χ2n) is 18.0. The lowest BCUT2D eigenvalue weighted by molar-refractivity contribution is -0.242. The molecule has 0 aromatic rings. The molecule has 272 valence electrons. The van der Waals surface area contributed by atoms with Gasteiger partial charge in [-0.3, -0.25) is 14.4 Å². The molecule has 1 spiro atoms. The van der Waals surface area contributed by atoms with Gasteiger partial charge < -0.3 is 38.6 Å². The molecule has 49 heavy (non-hydrogen) atoms. The first-order valence-electron chi connectivity index (χ1n) is 18.3. The predicted octanol–water partition coefficient (Wildman–Crippen LogP) is 2.93. The Bertz CT molecular complexity index is 1490. The van der Waals surface area contributed by atoms with Crippen molar-refractivity contribution in [2.75, 3.05) is 0 Å². The predicted molar refractivity (Wildman–Crippen MR) is 168 cm³/mol. The molecular weight excluding hydrogens is 636 g/mol. The minimum atomic E-state index is -1.98. The molecule has 0 amide bonds. The highest BCUT2D eigenvalue weighted by atomic mass is 16.8. The Morgan fingerprint density at radius 3 is 2.24 bits per heavy atom. The molecule has 3 saturated heterocycles. The van der Waals surface area contributed by atoms with Crippen molar-refractivity contribution in [3.8, 4) is 0 Å². The van der Waals surface area contributed by atoms with E-state index in [1.165, 1.54) is 20.8 Å². The van der Waals surface area contributed by atoms with Crippen LogP contribution in [0.2, 0.25) is 0 Å². The molecule has 5 aliphatic carbocycles. The van der Waals surface area contributed by atoms with E-state index in [2.05, 4.69) is 13.8 Å². The summed E-state index contributed by atoms with van der Waals surface area (Å²) < 4.78 is 37.4. The number of hydrogen-bond acceptors (Lipinski definition) is 12. The summed E-state index contributed by atoms with van der Waals surface area (Å²) in [7, 11) is 0. The zero-order chi connectivity index (χ0) is 35.5. The van der Waals surface area contributed by atoms with E-state index >= 15 is 0 Å². The zero-order valence-electron chi connectivity index (χ0n) is 30.0. The Balaban J connectivity index is 1.30. The first-order valence-corrected chi connectivity index (χ1v) is 18.3. The van der Waals surface area contributed by atoms with Crippen molar-refractivity contribution in [2.24, 2.45) is 63.6 Å². The van der Waals surface area contributed by atoms with Crippen LogP contribution in [0.4, 0.5) is 0 Å². The maximum absolute atomic E-state index is 13.4. The number of ether oxygens (including phenoxy) is 6. The molecule has 8 fully saturated rings. The number of rotatable bonds is 5. The summed E-state index contributed by atoms with van der Waals surface area (Å²) in [5.74, 6) is -5.97. The van der Waals surface area contributed by atoms with Crippen molar-refractivity contribution in [1.82, 2.24) is 0 Å². The molecule has 8 rings (SSSR count). The minimum Gasteiger partial charge on any atom is -0.462 e. The number of carbonyl (C=O) groups excluding carboxylic acids is 4. The SMILES string of the molecule is CC(=O)O[C@H]1[C@@H]2[C@H]([C@H](C)[C@H]3O[C@]34OC(=O)[C@@](C)(O)[C@]24C)[C@@]2(C)[C@@H](OC(C)=O)CC3C([C@H]12)[C@@H](O)C[C@H]1C[C@@H]2O[C@@H]2[C@H](OC(=O)CC(C)C)[C@]31C. The summed E-state index contributed by atoms with van der Waals surface area (Å²) >= 11 is 0. The molecule has 12 heteroatoms. The number of epoxide rings is 2. The van der Waals surface area contributed by atoms with Crippen molar-refractivity contribution in [2.45, 2.75) is 142 Å². The lowest BCUT2D eigenvalue weighted by atomic mass is 9.42. The van der Waals surface area contributed by atoms with E-state index in [9.17, 15) is 29.4 Å². The smallest absolute Gasteiger partial charge is 0.341 e. The van der Waals surface area contributed by atoms with Crippen molar-refractivity contribution < 1.29 is 57.8 Å². The van der Waals surface area contributed by atoms with Gasteiger partial charge in [-0.05, 0) is 68.6 Å². The van der Waals surface area contributed by atoms with E-state index in [4.69, 9.17) is 28.4 Å². The van der Waals surface area contributed by atoms with Crippen LogP contribution in [0.5, 0.6) is 0 Å². The standard InChI is InChI=1S/C37H52O12/c1-14(2)10-23(41)47-31-28-21(46-28)12-18-11-20(40)24-19(33(18,31)6)13-22(44-16(4)38)34(7)25-15(3)30-37(48-30)35(8,36(9,43)32(42)49-37)27(25)29(26(24)34)45-17(5)39/h14-15,18-22,24-31,40,43H,10-13H2,1-9H3/t15-,18-,19?,20-,21-,22-,24?,25-,26+,27-,28-,29+,30+,31-,33-,34+,35-,36+,37-/m0/s1. The molecule has 3 aliphatic heterocycles. The van der Waals surface area contributed by atoms with Crippen LogP contribution < -0.4 is 0 Å². The molecule has 19 atom stereocenters. The molecule has 0 aromatic heterocycles. The van der Waals surface area contributed by atoms with Gasteiger partial charge in [-0.15, -0.1) is 0 Å². The average Bonchev–Trinajstić information content (AvgIpc) is 3.88. The number of aliphatic hydroxyl groups is 2. The quantitative estimate of drug-likeness (QED) is 0.246. The lowest BCUT2D eigenvalue weighted by Crippen LogP contribution is -2.67. The molecule has 12 nitrogen and oxygen atoms in total. The second-order valence-corrected chi connectivity index (χ2v) is 18.0.